The molecule has 0 unspecified atom stereocenters. The van der Waals surface area contributed by atoms with Crippen LogP contribution in [-0.4, -0.2) is 17.4 Å². The number of hydrogen-bond acceptors (Lipinski definition) is 4. The summed E-state index contributed by atoms with van der Waals surface area (Å²) in [7, 11) is 0. The van der Waals surface area contributed by atoms with Gasteiger partial charge in [-0.15, -0.1) is 0 Å². The maximum absolute atomic E-state index is 13.0. The molecule has 5 heteroatoms. The summed E-state index contributed by atoms with van der Waals surface area (Å²) in [6, 6.07) is 19.4. The minimum atomic E-state index is -0.0884. The summed E-state index contributed by atoms with van der Waals surface area (Å²) in [6.07, 6.45) is 1.79. The van der Waals surface area contributed by atoms with Crippen LogP contribution in [0, 0.1) is 6.92 Å². The molecule has 0 aliphatic carbocycles. The minimum Gasteiger partial charge on any atom is -0.477 e. The summed E-state index contributed by atoms with van der Waals surface area (Å²) in [5.41, 5.74) is 4.58. The summed E-state index contributed by atoms with van der Waals surface area (Å²) in [5, 5.41) is 0.725. The molecule has 0 fully saturated rings. The van der Waals surface area contributed by atoms with Gasteiger partial charge >= 0.3 is 0 Å². The Hall–Kier alpha value is -3.08. The van der Waals surface area contributed by atoms with Crippen LogP contribution in [0.3, 0.4) is 0 Å². The summed E-state index contributed by atoms with van der Waals surface area (Å²) >= 11 is 5.98. The Morgan fingerprint density at radius 1 is 1.07 bits per heavy atom. The Bertz CT molecular complexity index is 1150. The Kier molecular flexibility index (Phi) is 4.81. The van der Waals surface area contributed by atoms with Crippen LogP contribution < -0.4 is 9.47 Å². The smallest absolute Gasteiger partial charge is 0.231 e. The van der Waals surface area contributed by atoms with Crippen LogP contribution in [-0.2, 0) is 13.1 Å². The number of halogens is 1. The van der Waals surface area contributed by atoms with E-state index in [4.69, 9.17) is 21.1 Å². The number of Topliss-reactive ketones (excluding diaryl/α,β-unsaturated/α-hetero) is 1. The van der Waals surface area contributed by atoms with Crippen molar-refractivity contribution in [3.63, 3.8) is 0 Å². The van der Waals surface area contributed by atoms with E-state index in [1.165, 1.54) is 0 Å². The topological polar surface area (TPSA) is 38.8 Å². The molecule has 30 heavy (non-hydrogen) atoms. The van der Waals surface area contributed by atoms with Crippen LogP contribution in [0.5, 0.6) is 11.5 Å². The van der Waals surface area contributed by atoms with Crippen LogP contribution in [0.2, 0.25) is 5.02 Å². The maximum atomic E-state index is 13.0. The predicted octanol–water partition coefficient (Wildman–Crippen LogP) is 5.62. The van der Waals surface area contributed by atoms with Crippen molar-refractivity contribution in [3.05, 3.63) is 99.3 Å². The number of ether oxygens (including phenoxy) is 2. The lowest BCUT2D eigenvalue weighted by Gasteiger charge is -2.30. The summed E-state index contributed by atoms with van der Waals surface area (Å²) in [6.45, 7) is 3.88. The number of carbonyl (C=O) groups excluding carboxylic acids is 1. The van der Waals surface area contributed by atoms with Crippen molar-refractivity contribution >= 4 is 23.5 Å². The molecular formula is C25H20ClNO3. The largest absolute Gasteiger partial charge is 0.477 e. The van der Waals surface area contributed by atoms with E-state index < -0.39 is 0 Å². The molecule has 3 aromatic carbocycles. The lowest BCUT2D eigenvalue weighted by atomic mass is 10.00. The molecule has 0 amide bonds. The third-order valence-corrected chi connectivity index (χ3v) is 5.67. The van der Waals surface area contributed by atoms with Crippen LogP contribution >= 0.6 is 11.6 Å². The fourth-order valence-corrected chi connectivity index (χ4v) is 4.07. The van der Waals surface area contributed by atoms with Crippen molar-refractivity contribution in [3.8, 4) is 11.5 Å². The van der Waals surface area contributed by atoms with Gasteiger partial charge in [-0.2, -0.15) is 0 Å². The number of ketones is 1. The number of nitrogens with zero attached hydrogens (tertiary/aromatic N) is 1. The van der Waals surface area contributed by atoms with E-state index in [1.54, 1.807) is 6.08 Å². The Balaban J connectivity index is 1.42. The first-order chi connectivity index (χ1) is 14.6. The molecular weight excluding hydrogens is 398 g/mol. The normalized spacial score (nSPS) is 16.7. The highest BCUT2D eigenvalue weighted by atomic mass is 35.5. The fraction of sp³-hybridized carbons (Fsp3) is 0.160. The van der Waals surface area contributed by atoms with Crippen LogP contribution in [0.25, 0.3) is 6.08 Å². The molecule has 5 rings (SSSR count). The highest BCUT2D eigenvalue weighted by molar-refractivity contribution is 6.30. The number of carbonyl (C=O) groups is 1. The second-order valence-corrected chi connectivity index (χ2v) is 8.04. The van der Waals surface area contributed by atoms with E-state index >= 15 is 0 Å². The van der Waals surface area contributed by atoms with E-state index in [-0.39, 0.29) is 5.78 Å². The number of hydrogen-bond donors (Lipinski definition) is 0. The molecule has 0 spiro atoms. The second kappa shape index (κ2) is 7.63. The zero-order valence-electron chi connectivity index (χ0n) is 16.5. The summed E-state index contributed by atoms with van der Waals surface area (Å²) in [4.78, 5) is 15.2. The van der Waals surface area contributed by atoms with Gasteiger partial charge in [-0.3, -0.25) is 9.69 Å². The fourth-order valence-electron chi connectivity index (χ4n) is 3.95. The maximum Gasteiger partial charge on any atom is 0.231 e. The van der Waals surface area contributed by atoms with Gasteiger partial charge in [0.1, 0.15) is 18.2 Å². The van der Waals surface area contributed by atoms with Gasteiger partial charge in [-0.1, -0.05) is 54.1 Å². The standard InChI is InChI=1S/C25H20ClNO3/c1-16-24-19(14-27(15-29-24)13-18-7-9-20(26)10-8-18)12-21-23(28)22(30-25(16)21)11-17-5-3-2-4-6-17/h2-12H,13-15H2,1H3/b22-11-. The molecule has 3 aromatic rings. The first-order valence-electron chi connectivity index (χ1n) is 9.84. The lowest BCUT2D eigenvalue weighted by molar-refractivity contribution is 0.0876. The van der Waals surface area contributed by atoms with Gasteiger partial charge < -0.3 is 9.47 Å². The third-order valence-electron chi connectivity index (χ3n) is 5.42. The molecule has 2 heterocycles. The molecule has 4 nitrogen and oxygen atoms in total. The second-order valence-electron chi connectivity index (χ2n) is 7.60. The van der Waals surface area contributed by atoms with Gasteiger partial charge in [0.2, 0.25) is 5.78 Å². The first-order valence-corrected chi connectivity index (χ1v) is 10.2. The van der Waals surface area contributed by atoms with Gasteiger partial charge in [0.15, 0.2) is 5.76 Å². The summed E-state index contributed by atoms with van der Waals surface area (Å²) in [5.74, 6) is 1.68. The quantitative estimate of drug-likeness (QED) is 0.519. The van der Waals surface area contributed by atoms with Gasteiger partial charge in [-0.05, 0) is 42.3 Å². The van der Waals surface area contributed by atoms with Crippen molar-refractivity contribution in [1.82, 2.24) is 4.90 Å². The number of fused-ring (bicyclic) bond motifs is 2. The molecule has 2 aliphatic heterocycles. The van der Waals surface area contributed by atoms with Crippen molar-refractivity contribution in [1.29, 1.82) is 0 Å². The highest BCUT2D eigenvalue weighted by Gasteiger charge is 2.33. The monoisotopic (exact) mass is 417 g/mol. The average molecular weight is 418 g/mol. The van der Waals surface area contributed by atoms with E-state index in [0.29, 0.717) is 30.3 Å². The Morgan fingerprint density at radius 2 is 1.83 bits per heavy atom. The number of benzene rings is 3. The van der Waals surface area contributed by atoms with Crippen LogP contribution in [0.15, 0.2) is 66.4 Å². The van der Waals surface area contributed by atoms with Crippen LogP contribution in [0.1, 0.15) is 32.6 Å². The van der Waals surface area contributed by atoms with E-state index in [9.17, 15) is 4.79 Å². The first kappa shape index (κ1) is 18.9. The number of rotatable bonds is 3. The van der Waals surface area contributed by atoms with E-state index in [1.807, 2.05) is 67.6 Å². The molecule has 0 N–H and O–H groups in total. The van der Waals surface area contributed by atoms with Crippen molar-refractivity contribution < 1.29 is 14.3 Å². The van der Waals surface area contributed by atoms with Gasteiger partial charge in [0.05, 0.1) is 5.56 Å². The molecule has 2 aliphatic rings. The SMILES string of the molecule is Cc1c2c(cc3c1O/C(=C\c1ccccc1)C3=O)CN(Cc1ccc(Cl)cc1)CO2. The van der Waals surface area contributed by atoms with Crippen molar-refractivity contribution in [2.75, 3.05) is 6.73 Å². The van der Waals surface area contributed by atoms with Gasteiger partial charge in [-0.25, -0.2) is 0 Å². The van der Waals surface area contributed by atoms with E-state index in [2.05, 4.69) is 4.90 Å². The zero-order valence-corrected chi connectivity index (χ0v) is 17.3. The molecule has 0 radical (unpaired) electrons. The van der Waals surface area contributed by atoms with Gasteiger partial charge in [0, 0.05) is 29.2 Å². The lowest BCUT2D eigenvalue weighted by Crippen LogP contribution is -2.32. The van der Waals surface area contributed by atoms with Crippen LogP contribution in [0.4, 0.5) is 0 Å². The van der Waals surface area contributed by atoms with Crippen molar-refractivity contribution in [2.45, 2.75) is 20.0 Å². The molecule has 0 aromatic heterocycles. The molecule has 0 saturated carbocycles. The average Bonchev–Trinajstić information content (AvgIpc) is 3.06. The predicted molar refractivity (Wildman–Crippen MR) is 117 cm³/mol. The van der Waals surface area contributed by atoms with Crippen molar-refractivity contribution in [2.24, 2.45) is 0 Å². The summed E-state index contributed by atoms with van der Waals surface area (Å²) < 4.78 is 12.0. The molecule has 150 valence electrons. The molecule has 0 bridgehead atoms. The van der Waals surface area contributed by atoms with E-state index in [0.717, 1.165) is 39.6 Å². The third kappa shape index (κ3) is 3.49. The number of allylic oxidation sites excluding steroid dienone is 1. The zero-order chi connectivity index (χ0) is 20.7. The molecule has 0 saturated heterocycles. The highest BCUT2D eigenvalue weighted by Crippen LogP contribution is 2.43. The van der Waals surface area contributed by atoms with Gasteiger partial charge in [0.25, 0.3) is 0 Å². The minimum absolute atomic E-state index is 0.0884. The Morgan fingerprint density at radius 3 is 2.60 bits per heavy atom. The molecule has 0 atom stereocenters. The Labute approximate surface area is 180 Å².